The summed E-state index contributed by atoms with van der Waals surface area (Å²) in [6.45, 7) is 1.78. The van der Waals surface area contributed by atoms with Gasteiger partial charge in [-0.2, -0.15) is 0 Å². The Hall–Kier alpha value is -0.990. The maximum atomic E-state index is 10.5. The summed E-state index contributed by atoms with van der Waals surface area (Å²) in [4.78, 5) is 12.2. The summed E-state index contributed by atoms with van der Waals surface area (Å²) in [6, 6.07) is 0. The zero-order valence-corrected chi connectivity index (χ0v) is 6.01. The Morgan fingerprint density at radius 3 is 2.00 bits per heavy atom. The van der Waals surface area contributed by atoms with Gasteiger partial charge in [-0.05, 0) is 6.92 Å². The number of hydrogen-bond donors (Lipinski definition) is 1. The van der Waals surface area contributed by atoms with Crippen LogP contribution in [0.4, 0.5) is 0 Å². The molecule has 0 saturated heterocycles. The number of allylic oxidation sites excluding steroid dienone is 1. The van der Waals surface area contributed by atoms with Crippen LogP contribution in [-0.2, 0) is 4.79 Å². The standard InChI is InChI=1S/C6H12N2O/c1-4-5(6(7)9)8(2)3/h4H,1-3H3,(H2,7,9)/b5-4+. The molecule has 52 valence electrons. The molecule has 0 aromatic rings. The van der Waals surface area contributed by atoms with Crippen molar-refractivity contribution in [2.45, 2.75) is 6.92 Å². The molecule has 1 amide bonds. The van der Waals surface area contributed by atoms with E-state index in [0.29, 0.717) is 5.70 Å². The lowest BCUT2D eigenvalue weighted by molar-refractivity contribution is -0.115. The normalized spacial score (nSPS) is 11.2. The highest BCUT2D eigenvalue weighted by molar-refractivity contribution is 5.91. The average Bonchev–Trinajstić information content (AvgIpc) is 1.64. The number of nitrogens with two attached hydrogens (primary N) is 1. The van der Waals surface area contributed by atoms with Crippen molar-refractivity contribution >= 4 is 5.91 Å². The Balaban J connectivity index is 4.19. The van der Waals surface area contributed by atoms with Crippen LogP contribution in [0.1, 0.15) is 6.92 Å². The van der Waals surface area contributed by atoms with Crippen LogP contribution in [0, 0.1) is 0 Å². The number of carbonyl (C=O) groups excluding carboxylic acids is 1. The molecule has 0 aromatic heterocycles. The van der Waals surface area contributed by atoms with Crippen LogP contribution >= 0.6 is 0 Å². The predicted octanol–water partition coefficient (Wildman–Crippen LogP) is -0.0629. The first kappa shape index (κ1) is 8.01. The summed E-state index contributed by atoms with van der Waals surface area (Å²) < 4.78 is 0. The minimum atomic E-state index is -0.387. The van der Waals surface area contributed by atoms with Crippen molar-refractivity contribution in [2.75, 3.05) is 14.1 Å². The van der Waals surface area contributed by atoms with E-state index in [1.807, 2.05) is 0 Å². The van der Waals surface area contributed by atoms with Gasteiger partial charge in [0.15, 0.2) is 0 Å². The molecule has 0 aliphatic heterocycles. The van der Waals surface area contributed by atoms with Gasteiger partial charge in [0, 0.05) is 14.1 Å². The Bertz CT molecular complexity index is 138. The van der Waals surface area contributed by atoms with Crippen molar-refractivity contribution in [3.8, 4) is 0 Å². The molecule has 0 aliphatic rings. The van der Waals surface area contributed by atoms with Crippen LogP contribution < -0.4 is 5.73 Å². The minimum Gasteiger partial charge on any atom is -0.374 e. The van der Waals surface area contributed by atoms with Crippen molar-refractivity contribution in [2.24, 2.45) is 5.73 Å². The molecule has 3 nitrogen and oxygen atoms in total. The van der Waals surface area contributed by atoms with Gasteiger partial charge in [0.2, 0.25) is 0 Å². The summed E-state index contributed by atoms with van der Waals surface area (Å²) in [5.41, 5.74) is 5.54. The second kappa shape index (κ2) is 3.12. The van der Waals surface area contributed by atoms with E-state index in [0.717, 1.165) is 0 Å². The van der Waals surface area contributed by atoms with Gasteiger partial charge in [-0.25, -0.2) is 0 Å². The van der Waals surface area contributed by atoms with E-state index in [-0.39, 0.29) is 5.91 Å². The SMILES string of the molecule is C/C=C(\C(N)=O)N(C)C. The molecule has 0 bridgehead atoms. The van der Waals surface area contributed by atoms with Crippen LogP contribution in [0.5, 0.6) is 0 Å². The minimum absolute atomic E-state index is 0.387. The topological polar surface area (TPSA) is 46.3 Å². The largest absolute Gasteiger partial charge is 0.374 e. The number of rotatable bonds is 2. The third-order valence-electron chi connectivity index (χ3n) is 1.01. The molecule has 0 heterocycles. The zero-order valence-electron chi connectivity index (χ0n) is 6.01. The van der Waals surface area contributed by atoms with E-state index < -0.39 is 0 Å². The number of likely N-dealkylation sites (N-methyl/N-ethyl adjacent to an activating group) is 1. The number of carbonyl (C=O) groups is 1. The van der Waals surface area contributed by atoms with E-state index in [1.54, 1.807) is 32.0 Å². The quantitative estimate of drug-likeness (QED) is 0.529. The van der Waals surface area contributed by atoms with Gasteiger partial charge in [0.25, 0.3) is 5.91 Å². The van der Waals surface area contributed by atoms with E-state index in [9.17, 15) is 4.79 Å². The van der Waals surface area contributed by atoms with Gasteiger partial charge >= 0.3 is 0 Å². The highest BCUT2D eigenvalue weighted by Gasteiger charge is 2.02. The second-order valence-electron chi connectivity index (χ2n) is 1.93. The predicted molar refractivity (Wildman–Crippen MR) is 36.6 cm³/mol. The van der Waals surface area contributed by atoms with Crippen LogP contribution in [0.25, 0.3) is 0 Å². The first-order valence-electron chi connectivity index (χ1n) is 2.73. The highest BCUT2D eigenvalue weighted by atomic mass is 16.1. The number of amides is 1. The summed E-state index contributed by atoms with van der Waals surface area (Å²) in [7, 11) is 3.56. The van der Waals surface area contributed by atoms with Crippen LogP contribution in [0.2, 0.25) is 0 Å². The van der Waals surface area contributed by atoms with Gasteiger partial charge < -0.3 is 10.6 Å². The number of primary amides is 1. The molecule has 2 N–H and O–H groups in total. The smallest absolute Gasteiger partial charge is 0.264 e. The first-order chi connectivity index (χ1) is 4.09. The first-order valence-corrected chi connectivity index (χ1v) is 2.73. The Kier molecular flexibility index (Phi) is 2.78. The molecule has 0 aromatic carbocycles. The molecule has 0 aliphatic carbocycles. The molecule has 0 rings (SSSR count). The maximum absolute atomic E-state index is 10.5. The molecule has 0 fully saturated rings. The number of hydrogen-bond acceptors (Lipinski definition) is 2. The van der Waals surface area contributed by atoms with Gasteiger partial charge in [-0.1, -0.05) is 6.08 Å². The van der Waals surface area contributed by atoms with E-state index >= 15 is 0 Å². The van der Waals surface area contributed by atoms with Crippen LogP contribution in [0.15, 0.2) is 11.8 Å². The monoisotopic (exact) mass is 128 g/mol. The Labute approximate surface area is 55.1 Å². The van der Waals surface area contributed by atoms with Gasteiger partial charge in [0.1, 0.15) is 0 Å². The summed E-state index contributed by atoms with van der Waals surface area (Å²) >= 11 is 0. The molecule has 0 radical (unpaired) electrons. The zero-order chi connectivity index (χ0) is 7.44. The average molecular weight is 128 g/mol. The lowest BCUT2D eigenvalue weighted by Crippen LogP contribution is -2.24. The van der Waals surface area contributed by atoms with Crippen molar-refractivity contribution in [1.82, 2.24) is 4.90 Å². The Morgan fingerprint density at radius 1 is 1.56 bits per heavy atom. The lowest BCUT2D eigenvalue weighted by Gasteiger charge is -2.12. The summed E-state index contributed by atoms with van der Waals surface area (Å²) in [5, 5.41) is 0. The molecule has 9 heavy (non-hydrogen) atoms. The second-order valence-corrected chi connectivity index (χ2v) is 1.93. The molecule has 0 atom stereocenters. The summed E-state index contributed by atoms with van der Waals surface area (Å²) in [5.74, 6) is -0.387. The number of nitrogens with zero attached hydrogens (tertiary/aromatic N) is 1. The maximum Gasteiger partial charge on any atom is 0.264 e. The van der Waals surface area contributed by atoms with Crippen LogP contribution in [-0.4, -0.2) is 24.9 Å². The molecular formula is C6H12N2O. The lowest BCUT2D eigenvalue weighted by atomic mass is 10.4. The fraction of sp³-hybridized carbons (Fsp3) is 0.500. The molecule has 0 unspecified atom stereocenters. The van der Waals surface area contributed by atoms with Gasteiger partial charge in [-0.15, -0.1) is 0 Å². The molecule has 0 saturated carbocycles. The van der Waals surface area contributed by atoms with Gasteiger partial charge in [0.05, 0.1) is 5.70 Å². The molecular weight excluding hydrogens is 116 g/mol. The van der Waals surface area contributed by atoms with E-state index in [1.165, 1.54) is 0 Å². The molecule has 0 spiro atoms. The summed E-state index contributed by atoms with van der Waals surface area (Å²) in [6.07, 6.45) is 1.68. The van der Waals surface area contributed by atoms with E-state index in [4.69, 9.17) is 5.73 Å². The van der Waals surface area contributed by atoms with Crippen molar-refractivity contribution in [1.29, 1.82) is 0 Å². The third-order valence-corrected chi connectivity index (χ3v) is 1.01. The van der Waals surface area contributed by atoms with Crippen molar-refractivity contribution in [3.05, 3.63) is 11.8 Å². The van der Waals surface area contributed by atoms with Crippen LogP contribution in [0.3, 0.4) is 0 Å². The van der Waals surface area contributed by atoms with Gasteiger partial charge in [-0.3, -0.25) is 4.79 Å². The molecule has 3 heteroatoms. The third kappa shape index (κ3) is 2.17. The van der Waals surface area contributed by atoms with E-state index in [2.05, 4.69) is 0 Å². The van der Waals surface area contributed by atoms with Crippen molar-refractivity contribution < 1.29 is 4.79 Å². The van der Waals surface area contributed by atoms with Crippen molar-refractivity contribution in [3.63, 3.8) is 0 Å². The Morgan fingerprint density at radius 2 is 2.00 bits per heavy atom. The highest BCUT2D eigenvalue weighted by Crippen LogP contribution is 1.94. The fourth-order valence-corrected chi connectivity index (χ4v) is 0.621. The fourth-order valence-electron chi connectivity index (χ4n) is 0.621.